The first-order chi connectivity index (χ1) is 14.3. The van der Waals surface area contributed by atoms with Gasteiger partial charge in [0, 0.05) is 18.9 Å². The second-order valence-electron chi connectivity index (χ2n) is 8.89. The Hall–Kier alpha value is -2.40. The van der Waals surface area contributed by atoms with Gasteiger partial charge in [0.2, 0.25) is 0 Å². The summed E-state index contributed by atoms with van der Waals surface area (Å²) in [5, 5.41) is 11.0. The van der Waals surface area contributed by atoms with Gasteiger partial charge in [0.25, 0.3) is 0 Å². The Bertz CT molecular complexity index is 1000. The summed E-state index contributed by atoms with van der Waals surface area (Å²) in [6.07, 6.45) is 7.51. The number of benzene rings is 1. The molecule has 2 rings (SSSR count). The number of carbonyl (C=O) groups excluding carboxylic acids is 1. The number of esters is 1. The van der Waals surface area contributed by atoms with E-state index in [1.165, 1.54) is 6.92 Å². The molecule has 31 heavy (non-hydrogen) atoms. The first-order valence-electron chi connectivity index (χ1n) is 10.3. The van der Waals surface area contributed by atoms with Crippen molar-refractivity contribution in [2.24, 2.45) is 5.41 Å². The van der Waals surface area contributed by atoms with Gasteiger partial charge in [-0.3, -0.25) is 4.79 Å². The minimum absolute atomic E-state index is 0.0785. The Morgan fingerprint density at radius 2 is 1.84 bits per heavy atom. The normalized spacial score (nSPS) is 24.0. The molecule has 1 aromatic carbocycles. The largest absolute Gasteiger partial charge is 0.462 e. The van der Waals surface area contributed by atoms with Crippen LogP contribution < -0.4 is 0 Å². The lowest BCUT2D eigenvalue weighted by atomic mass is 9.65. The van der Waals surface area contributed by atoms with Gasteiger partial charge in [0.1, 0.15) is 6.10 Å². The average molecular weight is 445 g/mol. The molecule has 1 aromatic rings. The standard InChI is InChI=1S/C25H32O5S/c1-19(11-9-10-16-31(28,29)22-12-7-6-8-13-22)14-15-23-24(3,4)17-21(30-20(2)26)18-25(23,5)27/h6-14,21,27H,16-18H2,1-5H3/b10-9+,19-11-/t15?,21-,25+/m0/s1. The molecule has 0 bridgehead atoms. The van der Waals surface area contributed by atoms with Gasteiger partial charge in [0.15, 0.2) is 9.84 Å². The highest BCUT2D eigenvalue weighted by molar-refractivity contribution is 7.91. The number of rotatable bonds is 6. The molecule has 0 unspecified atom stereocenters. The van der Waals surface area contributed by atoms with E-state index in [1.807, 2.05) is 20.8 Å². The highest BCUT2D eigenvalue weighted by atomic mass is 32.2. The first kappa shape index (κ1) is 24.9. The van der Waals surface area contributed by atoms with Crippen LogP contribution in [-0.4, -0.2) is 37.0 Å². The molecule has 168 valence electrons. The smallest absolute Gasteiger partial charge is 0.302 e. The molecular weight excluding hydrogens is 412 g/mol. The SMILES string of the molecule is CC(=O)O[C@H]1CC(C)(C)C(=C=C/C(C)=C\C=C\CS(=O)(=O)c2ccccc2)[C@](C)(O)C1. The van der Waals surface area contributed by atoms with Crippen molar-refractivity contribution in [2.75, 3.05) is 5.75 Å². The summed E-state index contributed by atoms with van der Waals surface area (Å²) in [6.45, 7) is 8.98. The van der Waals surface area contributed by atoms with E-state index < -0.39 is 20.9 Å². The van der Waals surface area contributed by atoms with E-state index in [9.17, 15) is 18.3 Å². The minimum Gasteiger partial charge on any atom is -0.462 e. The molecule has 5 nitrogen and oxygen atoms in total. The molecule has 0 radical (unpaired) electrons. The molecule has 0 amide bonds. The topological polar surface area (TPSA) is 80.7 Å². The summed E-state index contributed by atoms with van der Waals surface area (Å²) < 4.78 is 29.9. The highest BCUT2D eigenvalue weighted by Gasteiger charge is 2.46. The highest BCUT2D eigenvalue weighted by Crippen LogP contribution is 2.46. The van der Waals surface area contributed by atoms with Crippen LogP contribution >= 0.6 is 0 Å². The van der Waals surface area contributed by atoms with Gasteiger partial charge in [-0.15, -0.1) is 5.73 Å². The molecule has 1 saturated carbocycles. The lowest BCUT2D eigenvalue weighted by Crippen LogP contribution is -2.46. The second kappa shape index (κ2) is 9.82. The first-order valence-corrected chi connectivity index (χ1v) is 12.0. The molecule has 1 fully saturated rings. The fourth-order valence-corrected chi connectivity index (χ4v) is 5.18. The van der Waals surface area contributed by atoms with E-state index in [0.717, 1.165) is 11.1 Å². The average Bonchev–Trinajstić information content (AvgIpc) is 2.63. The van der Waals surface area contributed by atoms with Gasteiger partial charge in [-0.25, -0.2) is 8.42 Å². The van der Waals surface area contributed by atoms with Crippen LogP contribution in [0.15, 0.2) is 76.4 Å². The third-order valence-corrected chi connectivity index (χ3v) is 6.89. The fourth-order valence-electron chi connectivity index (χ4n) is 4.05. The van der Waals surface area contributed by atoms with Crippen molar-refractivity contribution >= 4 is 15.8 Å². The zero-order valence-electron chi connectivity index (χ0n) is 18.9. The van der Waals surface area contributed by atoms with Crippen molar-refractivity contribution in [1.82, 2.24) is 0 Å². The molecule has 1 aliphatic rings. The van der Waals surface area contributed by atoms with Gasteiger partial charge in [-0.05, 0) is 49.5 Å². The van der Waals surface area contributed by atoms with Crippen molar-refractivity contribution in [1.29, 1.82) is 0 Å². The number of ether oxygens (including phenoxy) is 1. The van der Waals surface area contributed by atoms with E-state index in [1.54, 1.807) is 61.6 Å². The number of hydrogen-bond donors (Lipinski definition) is 1. The molecule has 1 N–H and O–H groups in total. The van der Waals surface area contributed by atoms with Crippen LogP contribution in [0.5, 0.6) is 0 Å². The maximum atomic E-state index is 12.3. The molecule has 0 saturated heterocycles. The van der Waals surface area contributed by atoms with Crippen LogP contribution in [0, 0.1) is 5.41 Å². The van der Waals surface area contributed by atoms with Crippen LogP contribution in [0.2, 0.25) is 0 Å². The maximum Gasteiger partial charge on any atom is 0.302 e. The number of sulfone groups is 1. The van der Waals surface area contributed by atoms with Crippen molar-refractivity contribution in [3.63, 3.8) is 0 Å². The number of carbonyl (C=O) groups is 1. The Labute approximate surface area is 185 Å². The molecule has 1 aliphatic carbocycles. The Morgan fingerprint density at radius 3 is 2.42 bits per heavy atom. The quantitative estimate of drug-likeness (QED) is 0.396. The Balaban J connectivity index is 2.14. The van der Waals surface area contributed by atoms with Crippen LogP contribution in [-0.2, 0) is 19.4 Å². The Morgan fingerprint density at radius 1 is 1.19 bits per heavy atom. The van der Waals surface area contributed by atoms with Gasteiger partial charge in [-0.1, -0.05) is 50.3 Å². The zero-order chi connectivity index (χ0) is 23.3. The molecule has 0 spiro atoms. The number of aliphatic hydroxyl groups is 1. The van der Waals surface area contributed by atoms with Crippen LogP contribution in [0.3, 0.4) is 0 Å². The van der Waals surface area contributed by atoms with Crippen LogP contribution in [0.25, 0.3) is 0 Å². The summed E-state index contributed by atoms with van der Waals surface area (Å²) >= 11 is 0. The van der Waals surface area contributed by atoms with Crippen molar-refractivity contribution in [3.8, 4) is 0 Å². The second-order valence-corrected chi connectivity index (χ2v) is 10.9. The van der Waals surface area contributed by atoms with Gasteiger partial charge >= 0.3 is 5.97 Å². The number of allylic oxidation sites excluding steroid dienone is 3. The monoisotopic (exact) mass is 444 g/mol. The molecule has 0 heterocycles. The zero-order valence-corrected chi connectivity index (χ0v) is 19.7. The van der Waals surface area contributed by atoms with Gasteiger partial charge in [-0.2, -0.15) is 0 Å². The van der Waals surface area contributed by atoms with Crippen LogP contribution in [0.1, 0.15) is 47.5 Å². The lowest BCUT2D eigenvalue weighted by Gasteiger charge is -2.44. The molecule has 0 aliphatic heterocycles. The van der Waals surface area contributed by atoms with Crippen molar-refractivity contribution < 1.29 is 23.1 Å². The van der Waals surface area contributed by atoms with E-state index in [-0.39, 0.29) is 17.8 Å². The summed E-state index contributed by atoms with van der Waals surface area (Å²) in [6, 6.07) is 8.36. The Kier molecular flexibility index (Phi) is 7.87. The van der Waals surface area contributed by atoms with Crippen molar-refractivity contribution in [2.45, 2.75) is 64.1 Å². The number of hydrogen-bond acceptors (Lipinski definition) is 5. The van der Waals surface area contributed by atoms with E-state index in [0.29, 0.717) is 17.7 Å². The minimum atomic E-state index is -3.35. The third-order valence-electron chi connectivity index (χ3n) is 5.27. The van der Waals surface area contributed by atoms with Gasteiger partial charge < -0.3 is 9.84 Å². The predicted octanol–water partition coefficient (Wildman–Crippen LogP) is 4.55. The summed E-state index contributed by atoms with van der Waals surface area (Å²) in [5.41, 5.74) is 3.33. The summed E-state index contributed by atoms with van der Waals surface area (Å²) in [4.78, 5) is 11.6. The van der Waals surface area contributed by atoms with E-state index >= 15 is 0 Å². The summed E-state index contributed by atoms with van der Waals surface area (Å²) in [7, 11) is -3.35. The van der Waals surface area contributed by atoms with E-state index in [2.05, 4.69) is 5.73 Å². The predicted molar refractivity (Wildman–Crippen MR) is 122 cm³/mol. The van der Waals surface area contributed by atoms with Crippen molar-refractivity contribution in [3.05, 3.63) is 71.5 Å². The molecule has 2 atom stereocenters. The molecule has 0 aromatic heterocycles. The van der Waals surface area contributed by atoms with E-state index in [4.69, 9.17) is 4.74 Å². The third kappa shape index (κ3) is 7.06. The maximum absolute atomic E-state index is 12.3. The van der Waals surface area contributed by atoms with Crippen LogP contribution in [0.4, 0.5) is 0 Å². The summed E-state index contributed by atoms with van der Waals surface area (Å²) in [5.74, 6) is -0.426. The fraction of sp³-hybridized carbons (Fsp3) is 0.440. The van der Waals surface area contributed by atoms with Gasteiger partial charge in [0.05, 0.1) is 16.2 Å². The molecule has 6 heteroatoms. The molecular formula is C25H32O5S. The lowest BCUT2D eigenvalue weighted by molar-refractivity contribution is -0.152.